The molecule has 2 nitrogen and oxygen atoms in total. The summed E-state index contributed by atoms with van der Waals surface area (Å²) in [5, 5.41) is 9.52. The third-order valence-corrected chi connectivity index (χ3v) is 9.78. The fourth-order valence-corrected chi connectivity index (χ4v) is 7.06. The van der Waals surface area contributed by atoms with Crippen LogP contribution in [0, 0.1) is 0 Å². The number of benzene rings is 6. The van der Waals surface area contributed by atoms with Gasteiger partial charge in [-0.05, 0) is 66.7 Å². The second-order valence-electron chi connectivity index (χ2n) is 10.9. The summed E-state index contributed by atoms with van der Waals surface area (Å²) in [6.45, 7) is 0. The van der Waals surface area contributed by atoms with E-state index in [9.17, 15) is 0 Å². The molecule has 0 unspecified atom stereocenters. The van der Waals surface area contributed by atoms with Crippen LogP contribution in [0.3, 0.4) is 0 Å². The van der Waals surface area contributed by atoms with Crippen molar-refractivity contribution in [2.75, 3.05) is 0 Å². The van der Waals surface area contributed by atoms with E-state index < -0.39 is 0 Å². The first kappa shape index (κ1) is 43.5. The van der Waals surface area contributed by atoms with Crippen LogP contribution in [0.1, 0.15) is 37.1 Å². The zero-order valence-electron chi connectivity index (χ0n) is 26.1. The van der Waals surface area contributed by atoms with E-state index in [0.717, 1.165) is 32.9 Å². The van der Waals surface area contributed by atoms with Crippen molar-refractivity contribution >= 4 is 85.8 Å². The van der Waals surface area contributed by atoms with E-state index in [1.807, 2.05) is 84.1 Å². The van der Waals surface area contributed by atoms with Crippen molar-refractivity contribution < 1.29 is 8.83 Å². The molecule has 0 atom stereocenters. The van der Waals surface area contributed by atoms with Gasteiger partial charge in [0.05, 0.1) is 16.2 Å². The van der Waals surface area contributed by atoms with Crippen molar-refractivity contribution in [2.45, 2.75) is 37.1 Å². The topological polar surface area (TPSA) is 22.6 Å². The molecule has 10 rings (SSSR count). The number of para-hydroxylation sites is 3. The second-order valence-corrected chi connectivity index (χ2v) is 13.0. The molecule has 0 amide bonds. The van der Waals surface area contributed by atoms with Gasteiger partial charge >= 0.3 is 23.0 Å². The van der Waals surface area contributed by atoms with E-state index in [1.54, 1.807) is 17.6 Å². The van der Waals surface area contributed by atoms with Crippen molar-refractivity contribution in [1.82, 2.24) is 0 Å². The molecule has 268 valence electrons. The summed E-state index contributed by atoms with van der Waals surface area (Å²) in [6.07, 6.45) is 1.68. The van der Waals surface area contributed by atoms with Crippen LogP contribution in [0.5, 0.6) is 0 Å². The van der Waals surface area contributed by atoms with Crippen molar-refractivity contribution in [3.63, 3.8) is 0 Å². The molecule has 53 heavy (non-hydrogen) atoms. The maximum Gasteiger partial charge on any atom is 0.360 e. The Morgan fingerprint density at radius 3 is 1.26 bits per heavy atom. The largest absolute Gasteiger partial charge is 0.360 e. The summed E-state index contributed by atoms with van der Waals surface area (Å²) >= 11 is 3.63. The summed E-state index contributed by atoms with van der Waals surface area (Å²) in [4.78, 5) is 0. The Hall–Kier alpha value is -5.68. The van der Waals surface area contributed by atoms with Crippen molar-refractivity contribution in [3.8, 4) is 0 Å². The van der Waals surface area contributed by atoms with Gasteiger partial charge in [0.25, 0.3) is 0 Å². The van der Waals surface area contributed by atoms with E-state index in [4.69, 9.17) is 8.83 Å². The van der Waals surface area contributed by atoms with Gasteiger partial charge in [-0.2, -0.15) is 0 Å². The van der Waals surface area contributed by atoms with Gasteiger partial charge in [0, 0.05) is 58.6 Å². The average Bonchev–Trinajstić information content (AvgIpc) is 3.17. The molecule has 6 aromatic carbocycles. The van der Waals surface area contributed by atoms with Gasteiger partial charge < -0.3 is 0 Å². The minimum absolute atomic E-state index is 0. The lowest BCUT2D eigenvalue weighted by Gasteiger charge is -1.90. The molecule has 0 N–H and O–H groups in total. The normalized spacial score (nSPS) is 9.51. The Bertz CT molecular complexity index is 2080. The zero-order chi connectivity index (χ0) is 32.4. The lowest BCUT2D eigenvalue weighted by atomic mass is 10.1. The molecule has 0 bridgehead atoms. The molecule has 4 heteroatoms. The molecule has 0 aliphatic rings. The molecule has 0 saturated carbocycles. The highest BCUT2D eigenvalue weighted by molar-refractivity contribution is 7.24. The van der Waals surface area contributed by atoms with E-state index in [0.29, 0.717) is 0 Å². The lowest BCUT2D eigenvalue weighted by molar-refractivity contribution is 0.604. The van der Waals surface area contributed by atoms with Crippen LogP contribution in [0.15, 0.2) is 202 Å². The lowest BCUT2D eigenvalue weighted by Crippen LogP contribution is -1.74. The number of fused-ring (bicyclic) bond motifs is 6. The van der Waals surface area contributed by atoms with Gasteiger partial charge in [-0.15, -0.1) is 0 Å². The summed E-state index contributed by atoms with van der Waals surface area (Å²) in [5.41, 5.74) is 2.81. The Balaban J connectivity index is 0.000000240. The first-order valence-electron chi connectivity index (χ1n) is 15.7. The van der Waals surface area contributed by atoms with Gasteiger partial charge in [0.2, 0.25) is 36.8 Å². The summed E-state index contributed by atoms with van der Waals surface area (Å²) in [7, 11) is 0. The highest BCUT2D eigenvalue weighted by Gasteiger charge is 2.10. The minimum Gasteiger partial charge on any atom is -0.216 e. The predicted molar refractivity (Wildman–Crippen MR) is 242 cm³/mol. The van der Waals surface area contributed by atoms with Crippen molar-refractivity contribution in [3.05, 3.63) is 194 Å². The van der Waals surface area contributed by atoms with Crippen molar-refractivity contribution in [2.24, 2.45) is 0 Å². The summed E-state index contributed by atoms with van der Waals surface area (Å²) < 4.78 is 15.0. The smallest absolute Gasteiger partial charge is 0.216 e. The molecule has 0 radical (unpaired) electrons. The Morgan fingerprint density at radius 2 is 0.717 bits per heavy atom. The highest BCUT2D eigenvalue weighted by Crippen LogP contribution is 2.27. The molecular weight excluding hydrogens is 685 g/mol. The number of hydrogen-bond acceptors (Lipinski definition) is 0. The third kappa shape index (κ3) is 11.2. The SMILES string of the molecule is C.C.C.C.C.c1ccc2[o+]c3ccccc3cc2c1.c1ccc2[o+]cccc2c1.c1ccc2[s+]c3ccccc3cc2c1.c1ccc2[s+]cccc2c1. The summed E-state index contributed by atoms with van der Waals surface area (Å²) in [6, 6.07) is 62.0. The molecule has 0 spiro atoms. The van der Waals surface area contributed by atoms with Crippen LogP contribution in [0.4, 0.5) is 0 Å². The molecule has 10 aromatic rings. The molecule has 4 aromatic heterocycles. The van der Waals surface area contributed by atoms with Gasteiger partial charge in [-0.25, -0.2) is 8.83 Å². The number of rotatable bonds is 0. The standard InChI is InChI=1S/C13H9O.C13H9S.C9H7O.C9H7S.5CH4/c2*1-3-7-12-10(5-1)9-11-6-2-4-8-13(11)14-12;2*1-2-6-9-8(4-1)5-3-7-10-9;;;;;/h2*1-9H;2*1-7H;5*1H4/q4*+1;;;;;. The van der Waals surface area contributed by atoms with E-state index >= 15 is 0 Å². The zero-order valence-corrected chi connectivity index (χ0v) is 27.7. The number of hydrogen-bond donors (Lipinski definition) is 0. The first-order valence-corrected chi connectivity index (χ1v) is 17.4. The Morgan fingerprint density at radius 1 is 0.321 bits per heavy atom. The van der Waals surface area contributed by atoms with Crippen LogP contribution in [-0.2, 0) is 0 Å². The van der Waals surface area contributed by atoms with Crippen LogP contribution in [0.2, 0.25) is 0 Å². The predicted octanol–water partition coefficient (Wildman–Crippen LogP) is 17.3. The fraction of sp³-hybridized carbons (Fsp3) is 0.102. The first-order chi connectivity index (χ1) is 23.8. The third-order valence-electron chi connectivity index (χ3n) is 7.67. The maximum absolute atomic E-state index is 5.75. The average molecular weight is 737 g/mol. The van der Waals surface area contributed by atoms with Gasteiger partial charge in [0.15, 0.2) is 5.38 Å². The van der Waals surface area contributed by atoms with E-state index in [2.05, 4.69) is 115 Å². The van der Waals surface area contributed by atoms with Crippen LogP contribution < -0.4 is 0 Å². The van der Waals surface area contributed by atoms with Gasteiger partial charge in [-0.1, -0.05) is 110 Å². The Kier molecular flexibility index (Phi) is 17.7. The molecule has 0 fully saturated rings. The Labute approximate surface area is 323 Å². The van der Waals surface area contributed by atoms with Crippen molar-refractivity contribution in [1.29, 1.82) is 0 Å². The molecule has 0 aliphatic carbocycles. The molecule has 4 heterocycles. The summed E-state index contributed by atoms with van der Waals surface area (Å²) in [5.74, 6) is 0. The van der Waals surface area contributed by atoms with Gasteiger partial charge in [0.1, 0.15) is 0 Å². The maximum atomic E-state index is 5.75. The molecular formula is C49H52O2S2+4. The monoisotopic (exact) mass is 736 g/mol. The quantitative estimate of drug-likeness (QED) is 0.114. The molecule has 0 aliphatic heterocycles. The minimum atomic E-state index is 0. The van der Waals surface area contributed by atoms with E-state index in [-0.39, 0.29) is 37.1 Å². The second kappa shape index (κ2) is 21.6. The van der Waals surface area contributed by atoms with E-state index in [1.165, 1.54) is 30.3 Å². The molecule has 0 saturated heterocycles. The highest BCUT2D eigenvalue weighted by atomic mass is 32.1. The van der Waals surface area contributed by atoms with Gasteiger partial charge in [-0.3, -0.25) is 0 Å². The van der Waals surface area contributed by atoms with Crippen LogP contribution >= 0.6 is 22.7 Å². The van der Waals surface area contributed by atoms with Crippen LogP contribution in [-0.4, -0.2) is 0 Å². The van der Waals surface area contributed by atoms with Crippen LogP contribution in [0.25, 0.3) is 63.2 Å². The fourth-order valence-electron chi connectivity index (χ4n) is 5.31.